The monoisotopic (exact) mass is 882 g/mol. The molecular weight excluding hydrogens is 880 g/mol. The Morgan fingerprint density at radius 1 is 0.255 bits per heavy atom. The first-order valence-electron chi connectivity index (χ1n) is 10.1. The van der Waals surface area contributed by atoms with Gasteiger partial charge in [0.15, 0.2) is 17.2 Å². The number of halogens is 15. The first-order valence-corrected chi connectivity index (χ1v) is 10.1. The quantitative estimate of drug-likeness (QED) is 0.123. The molecule has 0 aliphatic heterocycles. The van der Waals surface area contributed by atoms with Crippen LogP contribution in [0, 0.1) is 87.3 Å². The summed E-state index contributed by atoms with van der Waals surface area (Å²) in [4.78, 5) is 0. The Labute approximate surface area is 275 Å². The van der Waals surface area contributed by atoms with E-state index in [4.69, 9.17) is 0 Å². The van der Waals surface area contributed by atoms with Gasteiger partial charge in [-0.2, -0.15) is 26.3 Å². The summed E-state index contributed by atoms with van der Waals surface area (Å²) >= 11 is 0. The summed E-state index contributed by atoms with van der Waals surface area (Å²) in [5.74, 6) is -40.7. The van der Waals surface area contributed by atoms with Crippen molar-refractivity contribution in [1.82, 2.24) is 0 Å². The van der Waals surface area contributed by atoms with Gasteiger partial charge >= 0.3 is 39.0 Å². The zero-order valence-electron chi connectivity index (χ0n) is 20.8. The van der Waals surface area contributed by atoms with E-state index in [0.29, 0.717) is 0 Å². The first-order chi connectivity index (χ1) is 20.6. The summed E-state index contributed by atoms with van der Waals surface area (Å²) in [6, 6.07) is 0. The van der Waals surface area contributed by atoms with Crippen molar-refractivity contribution in [1.29, 1.82) is 0 Å². The average molecular weight is 880 g/mol. The van der Waals surface area contributed by atoms with Gasteiger partial charge in [-0.05, 0) is 0 Å². The summed E-state index contributed by atoms with van der Waals surface area (Å²) in [5, 5.41) is 59.2. The van der Waals surface area contributed by atoms with Crippen LogP contribution in [0.4, 0.5) is 65.9 Å². The second kappa shape index (κ2) is 19.3. The molecule has 2 radical (unpaired) electrons. The normalized spacial score (nSPS) is 9.89. The van der Waals surface area contributed by atoms with E-state index in [1.807, 2.05) is 0 Å². The van der Waals surface area contributed by atoms with Crippen molar-refractivity contribution >= 4 is 22.0 Å². The molecule has 0 spiro atoms. The molecule has 0 aliphatic carbocycles. The molecule has 0 saturated carbocycles. The van der Waals surface area contributed by atoms with Gasteiger partial charge in [0.25, 0.3) is 0 Å². The maximum absolute atomic E-state index is 12.6. The molecule has 29 heteroatoms. The average Bonchev–Trinajstić information content (AvgIpc) is 2.98. The summed E-state index contributed by atoms with van der Waals surface area (Å²) in [6.45, 7) is 0. The predicted molar refractivity (Wildman–Crippen MR) is 97.8 cm³/mol. The Morgan fingerprint density at radius 2 is 0.362 bits per heavy atom. The molecule has 3 rings (SSSR count). The molecule has 0 aromatic heterocycles. The molecule has 0 amide bonds. The Morgan fingerprint density at radius 3 is 0.468 bits per heavy atom. The minimum atomic E-state index is -3.20. The van der Waals surface area contributed by atoms with Gasteiger partial charge in [-0.3, -0.25) is 0 Å². The maximum Gasteiger partial charge on any atom is 3.00 e. The van der Waals surface area contributed by atoms with Crippen LogP contribution in [0.2, 0.25) is 0 Å². The van der Waals surface area contributed by atoms with Crippen molar-refractivity contribution in [3.63, 3.8) is 0 Å². The van der Waals surface area contributed by atoms with E-state index in [0.717, 1.165) is 0 Å². The Balaban J connectivity index is 0. The van der Waals surface area contributed by atoms with Gasteiger partial charge in [-0.1, -0.05) is 0 Å². The number of hydrogen-bond donors (Lipinski definition) is 0. The fraction of sp³-hybridized carbons (Fsp3) is 0. The zero-order chi connectivity index (χ0) is 35.2. The minimum absolute atomic E-state index is 0. The fourth-order valence-electron chi connectivity index (χ4n) is 2.35. The molecule has 0 heterocycles. The van der Waals surface area contributed by atoms with E-state index in [1.54, 1.807) is 0 Å². The van der Waals surface area contributed by atoms with Gasteiger partial charge in [0.1, 0.15) is 22.0 Å². The number of rotatable bonds is 6. The van der Waals surface area contributed by atoms with Crippen LogP contribution in [0.5, 0.6) is 17.2 Å². The molecule has 0 N–H and O–H groups in total. The third-order valence-corrected chi connectivity index (χ3v) is 4.15. The molecule has 0 bridgehead atoms. The van der Waals surface area contributed by atoms with E-state index >= 15 is 0 Å². The van der Waals surface area contributed by atoms with E-state index in [1.165, 1.54) is 0 Å². The van der Waals surface area contributed by atoms with E-state index < -0.39 is 126 Å². The molecule has 256 valence electrons. The van der Waals surface area contributed by atoms with Gasteiger partial charge in [-0.25, -0.2) is 39.5 Å². The molecule has 9 nitrogen and oxygen atoms in total. The van der Waals surface area contributed by atoms with Gasteiger partial charge in [0.2, 0.25) is 87.3 Å². The third kappa shape index (κ3) is 11.1. The van der Waals surface area contributed by atoms with Crippen LogP contribution in [-0.2, 0) is 39.0 Å². The second-order valence-corrected chi connectivity index (χ2v) is 6.92. The number of benzene rings is 3. The van der Waals surface area contributed by atoms with E-state index in [9.17, 15) is 96.0 Å². The Bertz CT molecular complexity index is 1290. The molecule has 3 aromatic rings. The first kappa shape index (κ1) is 46.3. The third-order valence-electron chi connectivity index (χ3n) is 4.15. The van der Waals surface area contributed by atoms with E-state index in [2.05, 4.69) is 14.0 Å². The van der Waals surface area contributed by atoms with Crippen molar-refractivity contribution in [2.45, 2.75) is 0 Å². The standard InChI is InChI=1S/3C6BF5O3.2Ru/c3*8-1-2(9)4(11)6(15-7(13)14)5(12)3(1)10;;/q3*-2;2*+3. The second-order valence-electron chi connectivity index (χ2n) is 6.92. The topological polar surface area (TPSA) is 166 Å². The van der Waals surface area contributed by atoms with Crippen LogP contribution in [0.1, 0.15) is 0 Å². The molecule has 0 fully saturated rings. The van der Waals surface area contributed by atoms with Crippen LogP contribution < -0.4 is 44.1 Å². The van der Waals surface area contributed by atoms with Crippen molar-refractivity contribution in [3.8, 4) is 17.2 Å². The van der Waals surface area contributed by atoms with Crippen LogP contribution in [0.15, 0.2) is 0 Å². The van der Waals surface area contributed by atoms with Gasteiger partial charge in [0, 0.05) is 0 Å². The van der Waals surface area contributed by atoms with Crippen LogP contribution in [-0.4, -0.2) is 22.0 Å². The van der Waals surface area contributed by atoms with Crippen LogP contribution in [0.25, 0.3) is 0 Å². The zero-order valence-corrected chi connectivity index (χ0v) is 24.3. The predicted octanol–water partition coefficient (Wildman–Crippen LogP) is -1.61. The fourth-order valence-corrected chi connectivity index (χ4v) is 2.35. The van der Waals surface area contributed by atoms with E-state index in [-0.39, 0.29) is 39.0 Å². The van der Waals surface area contributed by atoms with Crippen LogP contribution >= 0.6 is 0 Å². The molecule has 0 unspecified atom stereocenters. The summed E-state index contributed by atoms with van der Waals surface area (Å²) < 4.78 is 198. The van der Waals surface area contributed by atoms with Crippen molar-refractivity contribution in [2.75, 3.05) is 0 Å². The summed E-state index contributed by atoms with van der Waals surface area (Å²) in [5.41, 5.74) is 0. The molecule has 0 aliphatic rings. The molecule has 47 heavy (non-hydrogen) atoms. The van der Waals surface area contributed by atoms with Gasteiger partial charge in [-0.15, -0.1) is 0 Å². The smallest absolute Gasteiger partial charge is 0.860 e. The molecular formula is C18B3F15O9Ru2. The molecule has 3 aromatic carbocycles. The minimum Gasteiger partial charge on any atom is -0.860 e. The van der Waals surface area contributed by atoms with Gasteiger partial charge < -0.3 is 44.1 Å². The van der Waals surface area contributed by atoms with Crippen molar-refractivity contribution in [2.24, 2.45) is 0 Å². The largest absolute Gasteiger partial charge is 3.00 e. The Hall–Kier alpha value is -2.79. The number of hydrogen-bond acceptors (Lipinski definition) is 9. The SMILES string of the molecule is [O-]B([O-])Oc1c(F)c(F)c(F)c(F)c1F.[O-]B([O-])Oc1c(F)c(F)c(F)c(F)c1F.[O-]B([O-])Oc1c(F)c(F)c(F)c(F)c1F.[Ru+3].[Ru+3]. The maximum atomic E-state index is 12.6. The summed E-state index contributed by atoms with van der Waals surface area (Å²) in [7, 11) is -9.59. The summed E-state index contributed by atoms with van der Waals surface area (Å²) in [6.07, 6.45) is 0. The molecule has 0 atom stereocenters. The van der Waals surface area contributed by atoms with Crippen LogP contribution in [0.3, 0.4) is 0 Å². The molecule has 0 saturated heterocycles. The van der Waals surface area contributed by atoms with Crippen molar-refractivity contribution < 1.29 is 149 Å². The van der Waals surface area contributed by atoms with Gasteiger partial charge in [0.05, 0.1) is 0 Å². The van der Waals surface area contributed by atoms with Crippen molar-refractivity contribution in [3.05, 3.63) is 87.3 Å². The Kier molecular flexibility index (Phi) is 19.0.